The third-order valence-electron chi connectivity index (χ3n) is 2.51. The molecule has 0 aliphatic carbocycles. The van der Waals surface area contributed by atoms with Gasteiger partial charge >= 0.3 is 0 Å². The Balaban J connectivity index is 1.86. The number of thioether (sulfide) groups is 1. The highest BCUT2D eigenvalue weighted by molar-refractivity contribution is 7.97. The minimum atomic E-state index is -0.712. The number of aromatic nitrogens is 2. The molecule has 1 aromatic carbocycles. The fraction of sp³-hybridized carbons (Fsp3) is 0.308. The van der Waals surface area contributed by atoms with Gasteiger partial charge in [-0.3, -0.25) is 4.79 Å². The summed E-state index contributed by atoms with van der Waals surface area (Å²) in [5.74, 6) is -0.339. The van der Waals surface area contributed by atoms with E-state index in [9.17, 15) is 13.6 Å². The predicted molar refractivity (Wildman–Crippen MR) is 73.4 cm³/mol. The predicted octanol–water partition coefficient (Wildman–Crippen LogP) is 2.07. The summed E-state index contributed by atoms with van der Waals surface area (Å²) < 4.78 is 30.9. The number of halogens is 2. The largest absolute Gasteiger partial charge is 0.347 e. The van der Waals surface area contributed by atoms with Crippen molar-refractivity contribution in [2.75, 3.05) is 6.26 Å². The first kappa shape index (κ1) is 15.4. The Morgan fingerprint density at radius 3 is 2.71 bits per heavy atom. The zero-order valence-electron chi connectivity index (χ0n) is 11.2. The first-order chi connectivity index (χ1) is 10.1. The van der Waals surface area contributed by atoms with E-state index >= 15 is 0 Å². The summed E-state index contributed by atoms with van der Waals surface area (Å²) in [5.41, 5.74) is 0.263. The molecule has 0 aliphatic heterocycles. The lowest BCUT2D eigenvalue weighted by atomic mass is 10.1. The molecular weight excluding hydrogens is 300 g/mol. The second kappa shape index (κ2) is 7.16. The molecule has 0 unspecified atom stereocenters. The molecule has 8 heteroatoms. The van der Waals surface area contributed by atoms with E-state index in [-0.39, 0.29) is 30.3 Å². The zero-order valence-corrected chi connectivity index (χ0v) is 12.0. The van der Waals surface area contributed by atoms with Crippen molar-refractivity contribution < 1.29 is 18.1 Å². The van der Waals surface area contributed by atoms with Crippen LogP contribution in [0.3, 0.4) is 0 Å². The maximum atomic E-state index is 13.0. The minimum absolute atomic E-state index is 0.0814. The highest BCUT2D eigenvalue weighted by Crippen LogP contribution is 2.09. The quantitative estimate of drug-likeness (QED) is 0.884. The van der Waals surface area contributed by atoms with E-state index in [0.29, 0.717) is 11.6 Å². The topological polar surface area (TPSA) is 68.0 Å². The molecular formula is C13H13F2N3O2S. The summed E-state index contributed by atoms with van der Waals surface area (Å²) in [7, 11) is 0. The molecule has 0 atom stereocenters. The first-order valence-corrected chi connectivity index (χ1v) is 7.48. The maximum Gasteiger partial charge on any atom is 0.246 e. The summed E-state index contributed by atoms with van der Waals surface area (Å²) >= 11 is 1.55. The Bertz CT molecular complexity index is 613. The van der Waals surface area contributed by atoms with E-state index in [4.69, 9.17) is 4.52 Å². The number of hydrogen-bond donors (Lipinski definition) is 1. The van der Waals surface area contributed by atoms with Crippen molar-refractivity contribution in [2.24, 2.45) is 0 Å². The van der Waals surface area contributed by atoms with Gasteiger partial charge in [0.05, 0.1) is 18.7 Å². The van der Waals surface area contributed by atoms with Crippen LogP contribution < -0.4 is 5.32 Å². The minimum Gasteiger partial charge on any atom is -0.347 e. The SMILES string of the molecule is CSCc1noc(CNC(=O)Cc2cc(F)cc(F)c2)n1. The molecule has 0 saturated heterocycles. The lowest BCUT2D eigenvalue weighted by Gasteiger charge is -2.03. The van der Waals surface area contributed by atoms with E-state index in [2.05, 4.69) is 15.5 Å². The molecule has 0 spiro atoms. The van der Waals surface area contributed by atoms with Gasteiger partial charge in [-0.25, -0.2) is 8.78 Å². The molecule has 0 bridgehead atoms. The van der Waals surface area contributed by atoms with Crippen LogP contribution in [0.4, 0.5) is 8.78 Å². The molecule has 21 heavy (non-hydrogen) atoms. The van der Waals surface area contributed by atoms with Crippen LogP contribution in [0.5, 0.6) is 0 Å². The van der Waals surface area contributed by atoms with E-state index in [1.165, 1.54) is 0 Å². The standard InChI is InChI=1S/C13H13F2N3O2S/c1-21-7-11-17-13(20-18-11)6-16-12(19)4-8-2-9(14)5-10(15)3-8/h2-3,5H,4,6-7H2,1H3,(H,16,19). The van der Waals surface area contributed by atoms with E-state index in [1.807, 2.05) is 6.26 Å². The van der Waals surface area contributed by atoms with Crippen molar-refractivity contribution >= 4 is 17.7 Å². The molecule has 1 amide bonds. The van der Waals surface area contributed by atoms with Gasteiger partial charge in [0.25, 0.3) is 0 Å². The number of rotatable bonds is 6. The van der Waals surface area contributed by atoms with Gasteiger partial charge in [-0.15, -0.1) is 0 Å². The van der Waals surface area contributed by atoms with Crippen molar-refractivity contribution in [3.8, 4) is 0 Å². The molecule has 0 fully saturated rings. The summed E-state index contributed by atoms with van der Waals surface area (Å²) in [4.78, 5) is 15.8. The van der Waals surface area contributed by atoms with Crippen LogP contribution in [0.2, 0.25) is 0 Å². The molecule has 1 aromatic heterocycles. The molecule has 5 nitrogen and oxygen atoms in total. The van der Waals surface area contributed by atoms with Crippen molar-refractivity contribution in [1.82, 2.24) is 15.5 Å². The molecule has 0 aliphatic rings. The molecule has 1 heterocycles. The van der Waals surface area contributed by atoms with E-state index in [0.717, 1.165) is 18.2 Å². The number of benzene rings is 1. The van der Waals surface area contributed by atoms with Crippen LogP contribution in [0.15, 0.2) is 22.7 Å². The Morgan fingerprint density at radius 2 is 2.05 bits per heavy atom. The van der Waals surface area contributed by atoms with Gasteiger partial charge in [0.15, 0.2) is 5.82 Å². The maximum absolute atomic E-state index is 13.0. The average molecular weight is 313 g/mol. The third kappa shape index (κ3) is 4.82. The van der Waals surface area contributed by atoms with Crippen molar-refractivity contribution in [2.45, 2.75) is 18.7 Å². The number of nitrogens with one attached hydrogen (secondary N) is 1. The summed E-state index contributed by atoms with van der Waals surface area (Å²) in [6, 6.07) is 2.99. The molecule has 0 saturated carbocycles. The Morgan fingerprint density at radius 1 is 1.33 bits per heavy atom. The van der Waals surface area contributed by atoms with Crippen LogP contribution in [0, 0.1) is 11.6 Å². The van der Waals surface area contributed by atoms with Gasteiger partial charge < -0.3 is 9.84 Å². The monoisotopic (exact) mass is 313 g/mol. The van der Waals surface area contributed by atoms with Gasteiger partial charge in [-0.05, 0) is 24.0 Å². The molecule has 112 valence electrons. The van der Waals surface area contributed by atoms with Crippen molar-refractivity contribution in [3.05, 3.63) is 47.1 Å². The van der Waals surface area contributed by atoms with Crippen LogP contribution in [-0.2, 0) is 23.5 Å². The van der Waals surface area contributed by atoms with Crippen molar-refractivity contribution in [3.63, 3.8) is 0 Å². The number of carbonyl (C=O) groups is 1. The summed E-state index contributed by atoms with van der Waals surface area (Å²) in [5, 5.41) is 6.29. The van der Waals surface area contributed by atoms with Gasteiger partial charge in [-0.2, -0.15) is 16.7 Å². The fourth-order valence-corrected chi connectivity index (χ4v) is 2.06. The molecule has 2 aromatic rings. The van der Waals surface area contributed by atoms with Gasteiger partial charge in [0.1, 0.15) is 11.6 Å². The second-order valence-electron chi connectivity index (χ2n) is 4.27. The first-order valence-electron chi connectivity index (χ1n) is 6.09. The smallest absolute Gasteiger partial charge is 0.246 e. The van der Waals surface area contributed by atoms with Gasteiger partial charge in [-0.1, -0.05) is 5.16 Å². The summed E-state index contributed by atoms with van der Waals surface area (Å²) in [6.45, 7) is 0.0814. The van der Waals surface area contributed by atoms with E-state index < -0.39 is 11.6 Å². The van der Waals surface area contributed by atoms with Crippen molar-refractivity contribution in [1.29, 1.82) is 0 Å². The molecule has 0 radical (unpaired) electrons. The highest BCUT2D eigenvalue weighted by Gasteiger charge is 2.09. The number of hydrogen-bond acceptors (Lipinski definition) is 5. The second-order valence-corrected chi connectivity index (χ2v) is 5.13. The Labute approximate surface area is 124 Å². The number of amides is 1. The summed E-state index contributed by atoms with van der Waals surface area (Å²) in [6.07, 6.45) is 1.79. The van der Waals surface area contributed by atoms with Gasteiger partial charge in [0, 0.05) is 6.07 Å². The van der Waals surface area contributed by atoms with Gasteiger partial charge in [0.2, 0.25) is 11.8 Å². The fourth-order valence-electron chi connectivity index (χ4n) is 1.68. The lowest BCUT2D eigenvalue weighted by Crippen LogP contribution is -2.24. The van der Waals surface area contributed by atoms with Crippen LogP contribution in [0.1, 0.15) is 17.3 Å². The third-order valence-corrected chi connectivity index (χ3v) is 3.05. The van der Waals surface area contributed by atoms with Crippen LogP contribution >= 0.6 is 11.8 Å². The highest BCUT2D eigenvalue weighted by atomic mass is 32.2. The van der Waals surface area contributed by atoms with Crippen LogP contribution in [-0.4, -0.2) is 22.3 Å². The average Bonchev–Trinajstić information content (AvgIpc) is 2.83. The number of nitrogens with zero attached hydrogens (tertiary/aromatic N) is 2. The van der Waals surface area contributed by atoms with Crippen LogP contribution in [0.25, 0.3) is 0 Å². The lowest BCUT2D eigenvalue weighted by molar-refractivity contribution is -0.120. The van der Waals surface area contributed by atoms with E-state index in [1.54, 1.807) is 11.8 Å². The number of carbonyl (C=O) groups excluding carboxylic acids is 1. The Kier molecular flexibility index (Phi) is 5.26. The molecule has 1 N–H and O–H groups in total. The normalized spacial score (nSPS) is 10.6. The zero-order chi connectivity index (χ0) is 15.2. The molecule has 2 rings (SSSR count). The Hall–Kier alpha value is -1.96.